The van der Waals surface area contributed by atoms with E-state index in [9.17, 15) is 14.0 Å². The van der Waals surface area contributed by atoms with Gasteiger partial charge in [0.25, 0.3) is 0 Å². The van der Waals surface area contributed by atoms with Crippen molar-refractivity contribution >= 4 is 29.3 Å². The molecule has 0 atom stereocenters. The number of urea groups is 1. The van der Waals surface area contributed by atoms with Crippen LogP contribution < -0.4 is 5.32 Å². The SMILES string of the molecule is COC(=O)c1coc(CN(C(=O)Nc2ccc(F)c(Cl)c2)C2CCCCC2)n1. The molecule has 0 spiro atoms. The van der Waals surface area contributed by atoms with Crippen LogP contribution in [0.2, 0.25) is 5.02 Å². The highest BCUT2D eigenvalue weighted by molar-refractivity contribution is 6.31. The van der Waals surface area contributed by atoms with E-state index in [4.69, 9.17) is 16.0 Å². The molecule has 0 saturated heterocycles. The largest absolute Gasteiger partial charge is 0.464 e. The summed E-state index contributed by atoms with van der Waals surface area (Å²) < 4.78 is 23.3. The summed E-state index contributed by atoms with van der Waals surface area (Å²) in [5, 5.41) is 2.67. The molecule has 1 N–H and O–H groups in total. The van der Waals surface area contributed by atoms with E-state index in [2.05, 4.69) is 15.0 Å². The topological polar surface area (TPSA) is 84.7 Å². The van der Waals surface area contributed by atoms with Gasteiger partial charge in [0.2, 0.25) is 5.89 Å². The Morgan fingerprint density at radius 3 is 2.79 bits per heavy atom. The van der Waals surface area contributed by atoms with Crippen molar-refractivity contribution in [3.8, 4) is 0 Å². The Labute approximate surface area is 166 Å². The number of rotatable bonds is 5. The molecule has 0 radical (unpaired) electrons. The molecule has 1 aromatic carbocycles. The van der Waals surface area contributed by atoms with E-state index in [-0.39, 0.29) is 35.2 Å². The number of esters is 1. The van der Waals surface area contributed by atoms with Gasteiger partial charge in [-0.05, 0) is 31.0 Å². The number of methoxy groups -OCH3 is 1. The Hall–Kier alpha value is -2.61. The molecule has 1 saturated carbocycles. The van der Waals surface area contributed by atoms with Crippen LogP contribution in [0, 0.1) is 5.82 Å². The molecule has 1 fully saturated rings. The average molecular weight is 410 g/mol. The Morgan fingerprint density at radius 2 is 2.11 bits per heavy atom. The van der Waals surface area contributed by atoms with E-state index in [0.717, 1.165) is 32.1 Å². The van der Waals surface area contributed by atoms with Gasteiger partial charge in [-0.25, -0.2) is 19.0 Å². The van der Waals surface area contributed by atoms with Crippen molar-refractivity contribution in [3.63, 3.8) is 0 Å². The summed E-state index contributed by atoms with van der Waals surface area (Å²) in [5.41, 5.74) is 0.437. The molecule has 9 heteroatoms. The molecule has 3 rings (SSSR count). The van der Waals surface area contributed by atoms with E-state index in [1.54, 1.807) is 4.90 Å². The fraction of sp³-hybridized carbons (Fsp3) is 0.421. The van der Waals surface area contributed by atoms with Gasteiger partial charge < -0.3 is 19.4 Å². The maximum atomic E-state index is 13.4. The van der Waals surface area contributed by atoms with Crippen molar-refractivity contribution in [2.45, 2.75) is 44.7 Å². The third-order valence-corrected chi connectivity index (χ3v) is 4.99. The molecular weight excluding hydrogens is 389 g/mol. The quantitative estimate of drug-likeness (QED) is 0.728. The molecule has 7 nitrogen and oxygen atoms in total. The van der Waals surface area contributed by atoms with Gasteiger partial charge >= 0.3 is 12.0 Å². The lowest BCUT2D eigenvalue weighted by molar-refractivity contribution is 0.0594. The van der Waals surface area contributed by atoms with Crippen molar-refractivity contribution in [2.75, 3.05) is 12.4 Å². The number of hydrogen-bond donors (Lipinski definition) is 1. The third kappa shape index (κ3) is 4.81. The minimum atomic E-state index is -0.607. The number of anilines is 1. The molecule has 1 heterocycles. The van der Waals surface area contributed by atoms with Crippen molar-refractivity contribution < 1.29 is 23.1 Å². The van der Waals surface area contributed by atoms with E-state index < -0.39 is 11.8 Å². The van der Waals surface area contributed by atoms with E-state index in [1.807, 2.05) is 0 Å². The lowest BCUT2D eigenvalue weighted by Gasteiger charge is -2.33. The lowest BCUT2D eigenvalue weighted by atomic mass is 9.94. The number of oxazole rings is 1. The summed E-state index contributed by atoms with van der Waals surface area (Å²) in [7, 11) is 1.26. The molecule has 0 bridgehead atoms. The number of nitrogens with one attached hydrogen (secondary N) is 1. The summed E-state index contributed by atoms with van der Waals surface area (Å²) >= 11 is 5.79. The van der Waals surface area contributed by atoms with Crippen molar-refractivity contribution in [1.82, 2.24) is 9.88 Å². The zero-order valence-corrected chi connectivity index (χ0v) is 16.2. The van der Waals surface area contributed by atoms with E-state index in [1.165, 1.54) is 31.6 Å². The molecule has 1 aliphatic rings. The number of amides is 2. The summed E-state index contributed by atoms with van der Waals surface area (Å²) in [6.07, 6.45) is 6.11. The first-order chi connectivity index (χ1) is 13.5. The van der Waals surface area contributed by atoms with Crippen LogP contribution in [0.15, 0.2) is 28.9 Å². The summed E-state index contributed by atoms with van der Waals surface area (Å²) in [6, 6.07) is 3.64. The maximum Gasteiger partial charge on any atom is 0.360 e. The van der Waals surface area contributed by atoms with Gasteiger partial charge in [-0.2, -0.15) is 0 Å². The van der Waals surface area contributed by atoms with Gasteiger partial charge in [-0.1, -0.05) is 30.9 Å². The predicted octanol–water partition coefficient (Wildman–Crippen LogP) is 4.62. The highest BCUT2D eigenvalue weighted by Gasteiger charge is 2.28. The Morgan fingerprint density at radius 1 is 1.36 bits per heavy atom. The third-order valence-electron chi connectivity index (χ3n) is 4.70. The molecule has 2 amide bonds. The standard InChI is InChI=1S/C19H21ClFN3O4/c1-27-18(25)16-11-28-17(23-16)10-24(13-5-3-2-4-6-13)19(26)22-12-7-8-15(21)14(20)9-12/h7-9,11,13H,2-6,10H2,1H3,(H,22,26). The van der Waals surface area contributed by atoms with Gasteiger partial charge in [0, 0.05) is 11.7 Å². The van der Waals surface area contributed by atoms with Crippen molar-refractivity contribution in [3.05, 3.63) is 46.9 Å². The molecule has 2 aromatic rings. The van der Waals surface area contributed by atoms with E-state index in [0.29, 0.717) is 5.69 Å². The van der Waals surface area contributed by atoms with Crippen LogP contribution in [0.5, 0.6) is 0 Å². The Balaban J connectivity index is 1.77. The van der Waals surface area contributed by atoms with Gasteiger partial charge in [-0.15, -0.1) is 0 Å². The molecule has 0 aliphatic heterocycles. The van der Waals surface area contributed by atoms with E-state index >= 15 is 0 Å². The number of hydrogen-bond acceptors (Lipinski definition) is 5. The first-order valence-corrected chi connectivity index (χ1v) is 9.41. The van der Waals surface area contributed by atoms with Crippen LogP contribution in [-0.4, -0.2) is 35.0 Å². The molecule has 28 heavy (non-hydrogen) atoms. The van der Waals surface area contributed by atoms with Crippen LogP contribution in [-0.2, 0) is 11.3 Å². The number of benzene rings is 1. The highest BCUT2D eigenvalue weighted by Crippen LogP contribution is 2.26. The number of carbonyl (C=O) groups excluding carboxylic acids is 2. The second kappa shape index (κ2) is 9.05. The van der Waals surface area contributed by atoms with Crippen LogP contribution in [0.25, 0.3) is 0 Å². The zero-order valence-electron chi connectivity index (χ0n) is 15.4. The Bertz CT molecular complexity index is 851. The normalized spacial score (nSPS) is 14.5. The van der Waals surface area contributed by atoms with Gasteiger partial charge in [-0.3, -0.25) is 0 Å². The fourth-order valence-corrected chi connectivity index (χ4v) is 3.44. The number of aromatic nitrogens is 1. The second-order valence-corrected chi connectivity index (χ2v) is 7.00. The highest BCUT2D eigenvalue weighted by atomic mass is 35.5. The minimum Gasteiger partial charge on any atom is -0.464 e. The minimum absolute atomic E-state index is 0.0122. The fourth-order valence-electron chi connectivity index (χ4n) is 3.26. The molecule has 1 aromatic heterocycles. The molecule has 0 unspecified atom stereocenters. The maximum absolute atomic E-state index is 13.4. The Kier molecular flexibility index (Phi) is 6.51. The van der Waals surface area contributed by atoms with Crippen LogP contribution >= 0.6 is 11.6 Å². The molecule has 150 valence electrons. The monoisotopic (exact) mass is 409 g/mol. The number of ether oxygens (including phenoxy) is 1. The number of nitrogens with zero attached hydrogens (tertiary/aromatic N) is 2. The first-order valence-electron chi connectivity index (χ1n) is 9.03. The van der Waals surface area contributed by atoms with Gasteiger partial charge in [0.05, 0.1) is 18.7 Å². The predicted molar refractivity (Wildman–Crippen MR) is 101 cm³/mol. The zero-order chi connectivity index (χ0) is 20.1. The van der Waals surface area contributed by atoms with Crippen LogP contribution in [0.1, 0.15) is 48.5 Å². The van der Waals surface area contributed by atoms with Gasteiger partial charge in [0.1, 0.15) is 12.1 Å². The molecular formula is C19H21ClFN3O4. The summed E-state index contributed by atoms with van der Waals surface area (Å²) in [4.78, 5) is 30.2. The molecule has 1 aliphatic carbocycles. The first kappa shape index (κ1) is 20.1. The van der Waals surface area contributed by atoms with Gasteiger partial charge in [0.15, 0.2) is 5.69 Å². The number of carbonyl (C=O) groups is 2. The van der Waals surface area contributed by atoms with Crippen LogP contribution in [0.4, 0.5) is 14.9 Å². The smallest absolute Gasteiger partial charge is 0.360 e. The van der Waals surface area contributed by atoms with Crippen molar-refractivity contribution in [2.24, 2.45) is 0 Å². The number of halogens is 2. The lowest BCUT2D eigenvalue weighted by Crippen LogP contribution is -2.43. The summed E-state index contributed by atoms with van der Waals surface area (Å²) in [6.45, 7) is 0.0996. The van der Waals surface area contributed by atoms with Crippen LogP contribution in [0.3, 0.4) is 0 Å². The second-order valence-electron chi connectivity index (χ2n) is 6.60. The van der Waals surface area contributed by atoms with Crippen molar-refractivity contribution in [1.29, 1.82) is 0 Å². The average Bonchev–Trinajstić information content (AvgIpc) is 3.17. The summed E-state index contributed by atoms with van der Waals surface area (Å²) in [5.74, 6) is -0.929.